The molecule has 0 atom stereocenters. The summed E-state index contributed by atoms with van der Waals surface area (Å²) in [5, 5.41) is 13.4. The summed E-state index contributed by atoms with van der Waals surface area (Å²) in [6.07, 6.45) is 3.08. The van der Waals surface area contributed by atoms with Crippen molar-refractivity contribution in [2.24, 2.45) is 0 Å². The van der Waals surface area contributed by atoms with Crippen LogP contribution < -0.4 is 11.1 Å². The van der Waals surface area contributed by atoms with Gasteiger partial charge in [0.1, 0.15) is 11.8 Å². The van der Waals surface area contributed by atoms with E-state index in [2.05, 4.69) is 25.3 Å². The molecule has 4 N–H and O–H groups in total. The Balaban J connectivity index is 1.41. The highest BCUT2D eigenvalue weighted by atomic mass is 35.5. The van der Waals surface area contributed by atoms with Crippen LogP contribution in [-0.4, -0.2) is 30.4 Å². The lowest BCUT2D eigenvalue weighted by atomic mass is 10.1. The quantitative estimate of drug-likeness (QED) is 0.370. The lowest BCUT2D eigenvalue weighted by molar-refractivity contribution is 0.0950. The van der Waals surface area contributed by atoms with E-state index in [4.69, 9.17) is 22.6 Å². The Labute approximate surface area is 192 Å². The Bertz CT molecular complexity index is 1560. The lowest BCUT2D eigenvalue weighted by Crippen LogP contribution is -2.22. The minimum Gasteiger partial charge on any atom is -0.382 e. The summed E-state index contributed by atoms with van der Waals surface area (Å²) < 4.78 is 1.88. The van der Waals surface area contributed by atoms with Crippen LogP contribution in [0.2, 0.25) is 5.02 Å². The number of imidazole rings is 1. The number of amides is 1. The van der Waals surface area contributed by atoms with Crippen LogP contribution in [0.15, 0.2) is 55.1 Å². The number of carbonyl (C=O) groups is 1. The van der Waals surface area contributed by atoms with Gasteiger partial charge in [0.15, 0.2) is 11.5 Å². The van der Waals surface area contributed by atoms with Crippen molar-refractivity contribution >= 4 is 45.4 Å². The van der Waals surface area contributed by atoms with E-state index in [-0.39, 0.29) is 5.91 Å². The Morgan fingerprint density at radius 1 is 1.21 bits per heavy atom. The van der Waals surface area contributed by atoms with Gasteiger partial charge in [0.2, 0.25) is 0 Å². The Morgan fingerprint density at radius 2 is 2.09 bits per heavy atom. The van der Waals surface area contributed by atoms with Gasteiger partial charge in [-0.05, 0) is 42.0 Å². The van der Waals surface area contributed by atoms with Crippen molar-refractivity contribution in [1.29, 1.82) is 5.26 Å². The fourth-order valence-corrected chi connectivity index (χ4v) is 4.01. The van der Waals surface area contributed by atoms with Crippen molar-refractivity contribution < 1.29 is 4.79 Å². The van der Waals surface area contributed by atoms with E-state index < -0.39 is 0 Å². The van der Waals surface area contributed by atoms with Crippen molar-refractivity contribution in [2.45, 2.75) is 13.1 Å². The molecule has 5 aromatic rings. The number of nitriles is 1. The summed E-state index contributed by atoms with van der Waals surface area (Å²) in [5.41, 5.74) is 10.6. The Kier molecular flexibility index (Phi) is 5.12. The summed E-state index contributed by atoms with van der Waals surface area (Å²) in [4.78, 5) is 28.5. The smallest absolute Gasteiger partial charge is 0.251 e. The van der Waals surface area contributed by atoms with Crippen LogP contribution in [0.25, 0.3) is 22.1 Å². The van der Waals surface area contributed by atoms with Crippen LogP contribution in [0, 0.1) is 11.3 Å². The maximum absolute atomic E-state index is 12.5. The van der Waals surface area contributed by atoms with E-state index in [9.17, 15) is 4.79 Å². The number of nitrogen functional groups attached to an aromatic ring is 1. The summed E-state index contributed by atoms with van der Waals surface area (Å²) in [7, 11) is 0. The number of carbonyl (C=O) groups excluding carboxylic acids is 1. The predicted molar refractivity (Wildman–Crippen MR) is 124 cm³/mol. The summed E-state index contributed by atoms with van der Waals surface area (Å²) in [6.45, 7) is 0.760. The summed E-state index contributed by atoms with van der Waals surface area (Å²) in [6, 6.07) is 14.3. The monoisotopic (exact) mass is 456 g/mol. The SMILES string of the molecule is N#Cc1cccc(C(=O)NCc2cc3cc(Cl)cc(Cn4cnc5c(N)ncnc54)c3[nH]2)c1. The van der Waals surface area contributed by atoms with Gasteiger partial charge in [0.05, 0.1) is 36.6 Å². The number of aromatic nitrogens is 5. The standard InChI is InChI=1S/C23H17ClN8O/c24-17-5-15-7-18(9-27-23(33)14-3-1-2-13(4-14)8-25)31-19(15)16(6-17)10-32-12-30-20-21(26)28-11-29-22(20)32/h1-7,11-12,31H,9-10H2,(H,27,33)(H2,26,28,29). The Hall–Kier alpha value is -4.42. The third kappa shape index (κ3) is 3.95. The second-order valence-electron chi connectivity index (χ2n) is 7.50. The molecule has 0 bridgehead atoms. The molecule has 0 aliphatic rings. The average Bonchev–Trinajstić information content (AvgIpc) is 3.42. The van der Waals surface area contributed by atoms with Crippen LogP contribution in [0.1, 0.15) is 27.2 Å². The van der Waals surface area contributed by atoms with Crippen LogP contribution in [0.3, 0.4) is 0 Å². The van der Waals surface area contributed by atoms with Crippen molar-refractivity contribution in [3.8, 4) is 6.07 Å². The number of hydrogen-bond acceptors (Lipinski definition) is 6. The molecule has 0 fully saturated rings. The van der Waals surface area contributed by atoms with Gasteiger partial charge in [-0.25, -0.2) is 15.0 Å². The number of H-pyrrole nitrogens is 1. The summed E-state index contributed by atoms with van der Waals surface area (Å²) in [5.74, 6) is 0.0689. The van der Waals surface area contributed by atoms with Gasteiger partial charge in [0, 0.05) is 21.7 Å². The van der Waals surface area contributed by atoms with Gasteiger partial charge in [-0.2, -0.15) is 5.26 Å². The molecule has 0 aliphatic heterocycles. The molecule has 0 unspecified atom stereocenters. The highest BCUT2D eigenvalue weighted by Crippen LogP contribution is 2.26. The molecule has 0 aliphatic carbocycles. The van der Waals surface area contributed by atoms with Gasteiger partial charge >= 0.3 is 0 Å². The van der Waals surface area contributed by atoms with Crippen LogP contribution in [-0.2, 0) is 13.1 Å². The number of nitrogens with one attached hydrogen (secondary N) is 2. The van der Waals surface area contributed by atoms with E-state index in [0.29, 0.717) is 46.2 Å². The number of halogens is 1. The van der Waals surface area contributed by atoms with Crippen molar-refractivity contribution in [3.05, 3.63) is 82.5 Å². The minimum atomic E-state index is -0.258. The average molecular weight is 457 g/mol. The minimum absolute atomic E-state index is 0.258. The number of nitrogens with zero attached hydrogens (tertiary/aromatic N) is 5. The first kappa shape index (κ1) is 20.5. The zero-order valence-electron chi connectivity index (χ0n) is 17.2. The second-order valence-corrected chi connectivity index (χ2v) is 7.94. The van der Waals surface area contributed by atoms with Crippen molar-refractivity contribution in [1.82, 2.24) is 29.8 Å². The molecule has 33 heavy (non-hydrogen) atoms. The lowest BCUT2D eigenvalue weighted by Gasteiger charge is -2.07. The number of aromatic amines is 1. The molecule has 0 spiro atoms. The van der Waals surface area contributed by atoms with E-state index in [0.717, 1.165) is 22.2 Å². The topological polar surface area (TPSA) is 138 Å². The van der Waals surface area contributed by atoms with Crippen LogP contribution in [0.4, 0.5) is 5.82 Å². The van der Waals surface area contributed by atoms with Gasteiger partial charge in [-0.3, -0.25) is 4.79 Å². The molecule has 1 amide bonds. The number of fused-ring (bicyclic) bond motifs is 2. The normalized spacial score (nSPS) is 11.0. The van der Waals surface area contributed by atoms with E-state index in [1.807, 2.05) is 28.8 Å². The molecule has 3 heterocycles. The molecule has 2 aromatic carbocycles. The van der Waals surface area contributed by atoms with Gasteiger partial charge < -0.3 is 20.6 Å². The molecule has 0 saturated carbocycles. The first-order valence-corrected chi connectivity index (χ1v) is 10.4. The van der Waals surface area contributed by atoms with Crippen LogP contribution >= 0.6 is 11.6 Å². The number of anilines is 1. The Morgan fingerprint density at radius 3 is 2.94 bits per heavy atom. The van der Waals surface area contributed by atoms with Gasteiger partial charge in [0.25, 0.3) is 5.91 Å². The molecule has 3 aromatic heterocycles. The molecule has 9 nitrogen and oxygen atoms in total. The first-order valence-electron chi connectivity index (χ1n) is 10.0. The van der Waals surface area contributed by atoms with E-state index in [1.54, 1.807) is 30.6 Å². The third-order valence-corrected chi connectivity index (χ3v) is 5.51. The summed E-state index contributed by atoms with van der Waals surface area (Å²) >= 11 is 6.37. The molecule has 0 radical (unpaired) electrons. The molecule has 0 saturated heterocycles. The molecule has 162 valence electrons. The maximum Gasteiger partial charge on any atom is 0.251 e. The molecule has 10 heteroatoms. The van der Waals surface area contributed by atoms with Gasteiger partial charge in [-0.1, -0.05) is 17.7 Å². The number of nitrogens with two attached hydrogens (primary N) is 1. The van der Waals surface area contributed by atoms with E-state index >= 15 is 0 Å². The number of benzene rings is 2. The fraction of sp³-hybridized carbons (Fsp3) is 0.0870. The van der Waals surface area contributed by atoms with Gasteiger partial charge in [-0.15, -0.1) is 0 Å². The molecular weight excluding hydrogens is 440 g/mol. The second kappa shape index (κ2) is 8.26. The first-order chi connectivity index (χ1) is 16.0. The zero-order chi connectivity index (χ0) is 22.9. The maximum atomic E-state index is 12.5. The van der Waals surface area contributed by atoms with Crippen molar-refractivity contribution in [2.75, 3.05) is 5.73 Å². The van der Waals surface area contributed by atoms with Crippen molar-refractivity contribution in [3.63, 3.8) is 0 Å². The third-order valence-electron chi connectivity index (χ3n) is 5.29. The zero-order valence-corrected chi connectivity index (χ0v) is 18.0. The molecular formula is C23H17ClN8O. The molecule has 5 rings (SSSR count). The highest BCUT2D eigenvalue weighted by molar-refractivity contribution is 6.31. The van der Waals surface area contributed by atoms with E-state index in [1.165, 1.54) is 6.33 Å². The predicted octanol–water partition coefficient (Wildman–Crippen LogP) is 3.39. The largest absolute Gasteiger partial charge is 0.382 e. The van der Waals surface area contributed by atoms with Crippen LogP contribution in [0.5, 0.6) is 0 Å². The number of rotatable bonds is 5. The highest BCUT2D eigenvalue weighted by Gasteiger charge is 2.13. The number of hydrogen-bond donors (Lipinski definition) is 3. The fourth-order valence-electron chi connectivity index (χ4n) is 3.76.